The van der Waals surface area contributed by atoms with Gasteiger partial charge in [-0.15, -0.1) is 0 Å². The minimum Gasteiger partial charge on any atom is -0.375 e. The summed E-state index contributed by atoms with van der Waals surface area (Å²) in [4.78, 5) is 7.29. The molecule has 1 aromatic heterocycles. The molecule has 4 aromatic carbocycles. The molecule has 5 aromatic rings. The number of rotatable bonds is 19. The zero-order valence-corrected chi connectivity index (χ0v) is 41.2. The fourth-order valence-electron chi connectivity index (χ4n) is 9.11. The first-order chi connectivity index (χ1) is 30.2. The fourth-order valence-corrected chi connectivity index (χ4v) is 11.5. The predicted molar refractivity (Wildman–Crippen MR) is 277 cm³/mol. The lowest BCUT2D eigenvalue weighted by Crippen LogP contribution is -2.43. The molecule has 6 nitrogen and oxygen atoms in total. The van der Waals surface area contributed by atoms with Gasteiger partial charge in [-0.1, -0.05) is 102 Å². The Morgan fingerprint density at radius 2 is 1.29 bits per heavy atom. The van der Waals surface area contributed by atoms with E-state index in [0.29, 0.717) is 0 Å². The number of benzene rings is 4. The molecule has 0 fully saturated rings. The van der Waals surface area contributed by atoms with Crippen LogP contribution in [0.25, 0.3) is 22.4 Å². The summed E-state index contributed by atoms with van der Waals surface area (Å²) in [7, 11) is 15.6. The molecule has 2 aliphatic heterocycles. The zero-order valence-electron chi connectivity index (χ0n) is 39.5. The van der Waals surface area contributed by atoms with Crippen LogP contribution in [-0.2, 0) is 10.8 Å². The van der Waals surface area contributed by atoms with Crippen LogP contribution in [0.4, 0.5) is 17.1 Å². The van der Waals surface area contributed by atoms with Gasteiger partial charge in [-0.05, 0) is 110 Å². The number of para-hydroxylation sites is 2. The molecule has 3 heterocycles. The highest BCUT2D eigenvalue weighted by atomic mass is 33.1. The van der Waals surface area contributed by atoms with Crippen molar-refractivity contribution in [2.45, 2.75) is 57.8 Å². The molecule has 0 radical (unpaired) electrons. The molecule has 1 N–H and O–H groups in total. The maximum absolute atomic E-state index is 3.53. The van der Waals surface area contributed by atoms with E-state index >= 15 is 0 Å². The summed E-state index contributed by atoms with van der Waals surface area (Å²) in [5, 5.41) is 3.53. The van der Waals surface area contributed by atoms with Crippen molar-refractivity contribution in [3.63, 3.8) is 0 Å². The highest BCUT2D eigenvalue weighted by molar-refractivity contribution is 8.76. The standard InChI is InChI=1S/C55H72N6S2/c1-54(2)31-28-45(29-32-56-51-18-12-10-16-49(51)54)43-20-24-47(25-21-43)58(6)34-14-33-57(5)37-40-62-63-41-39-61(8,9)38-15-35-59(7)48-26-22-44(23-27-48)46-30-36-60-52-19-13-11-17-50(52)55(3,4)53(60)42-46/h10-13,16-30,32,36,42,56H,14-15,31,33-35,37-41H2,1-9H3/q+2/b32-29-,45-28+. The minimum absolute atomic E-state index is 0.0143. The first-order valence-electron chi connectivity index (χ1n) is 23.0. The molecule has 7 rings (SSSR count). The summed E-state index contributed by atoms with van der Waals surface area (Å²) in [6, 6.07) is 40.3. The summed E-state index contributed by atoms with van der Waals surface area (Å²) >= 11 is 0. The Balaban J connectivity index is 0.753. The maximum Gasteiger partial charge on any atom is 0.215 e. The van der Waals surface area contributed by atoms with Crippen LogP contribution >= 0.6 is 21.6 Å². The number of anilines is 3. The number of aromatic nitrogens is 1. The average Bonchev–Trinajstić information content (AvgIpc) is 3.54. The fraction of sp³-hybridized carbons (Fsp3) is 0.400. The van der Waals surface area contributed by atoms with Gasteiger partial charge in [0.2, 0.25) is 5.69 Å². The topological polar surface area (TPSA) is 25.6 Å². The Hall–Kier alpha value is -4.47. The van der Waals surface area contributed by atoms with Gasteiger partial charge < -0.3 is 24.5 Å². The van der Waals surface area contributed by atoms with Gasteiger partial charge in [0, 0.05) is 92.9 Å². The number of nitrogens with zero attached hydrogens (tertiary/aromatic N) is 5. The largest absolute Gasteiger partial charge is 0.375 e. The van der Waals surface area contributed by atoms with E-state index in [2.05, 4.69) is 221 Å². The number of fused-ring (bicyclic) bond motifs is 4. The van der Waals surface area contributed by atoms with Gasteiger partial charge in [-0.25, -0.2) is 0 Å². The molecule has 0 unspecified atom stereocenters. The van der Waals surface area contributed by atoms with E-state index in [4.69, 9.17) is 0 Å². The van der Waals surface area contributed by atoms with Gasteiger partial charge in [-0.3, -0.25) is 0 Å². The second kappa shape index (κ2) is 20.6. The van der Waals surface area contributed by atoms with Gasteiger partial charge in [0.25, 0.3) is 0 Å². The van der Waals surface area contributed by atoms with Crippen LogP contribution in [0.1, 0.15) is 69.3 Å². The molecule has 8 heteroatoms. The van der Waals surface area contributed by atoms with Crippen molar-refractivity contribution in [3.8, 4) is 16.8 Å². The monoisotopic (exact) mass is 881 g/mol. The Morgan fingerprint density at radius 3 is 2.02 bits per heavy atom. The lowest BCUT2D eigenvalue weighted by Gasteiger charge is -2.30. The van der Waals surface area contributed by atoms with Crippen LogP contribution in [0.5, 0.6) is 0 Å². The Morgan fingerprint density at radius 1 is 0.651 bits per heavy atom. The molecule has 0 spiro atoms. The van der Waals surface area contributed by atoms with Crippen molar-refractivity contribution in [2.24, 2.45) is 0 Å². The van der Waals surface area contributed by atoms with Crippen LogP contribution in [-0.4, -0.2) is 95.4 Å². The maximum atomic E-state index is 3.53. The SMILES string of the molecule is CN(CCCN(C)c1ccc(C2=C/CC(C)(C)c3ccccc3N/C=C\2)cc1)CCSSCC[N+](C)(C)CCCN(C)c1ccc(-c2cc[n+]3c(c2)C(C)(C)c2ccccc2-3)cc1. The van der Waals surface area contributed by atoms with E-state index in [-0.39, 0.29) is 10.8 Å². The van der Waals surface area contributed by atoms with Crippen molar-refractivity contribution in [1.82, 2.24) is 4.90 Å². The summed E-state index contributed by atoms with van der Waals surface area (Å²) in [6.45, 7) is 16.1. The van der Waals surface area contributed by atoms with E-state index in [9.17, 15) is 0 Å². The van der Waals surface area contributed by atoms with E-state index in [1.807, 2.05) is 21.6 Å². The summed E-state index contributed by atoms with van der Waals surface area (Å²) in [5.41, 5.74) is 14.2. The quantitative estimate of drug-likeness (QED) is 0.0384. The highest BCUT2D eigenvalue weighted by Crippen LogP contribution is 2.39. The molecule has 0 atom stereocenters. The molecule has 2 aliphatic rings. The second-order valence-corrected chi connectivity index (χ2v) is 22.3. The van der Waals surface area contributed by atoms with E-state index in [1.54, 1.807) is 0 Å². The lowest BCUT2D eigenvalue weighted by molar-refractivity contribution is -0.887. The molecule has 0 bridgehead atoms. The van der Waals surface area contributed by atoms with Crippen molar-refractivity contribution in [1.29, 1.82) is 0 Å². The van der Waals surface area contributed by atoms with E-state index < -0.39 is 0 Å². The Kier molecular flexibility index (Phi) is 15.2. The number of allylic oxidation sites excluding steroid dienone is 3. The van der Waals surface area contributed by atoms with Crippen molar-refractivity contribution in [2.75, 3.05) is 101 Å². The smallest absolute Gasteiger partial charge is 0.215 e. The molecule has 0 aliphatic carbocycles. The predicted octanol–water partition coefficient (Wildman–Crippen LogP) is 11.7. The Bertz CT molecular complexity index is 2350. The van der Waals surface area contributed by atoms with Crippen molar-refractivity contribution in [3.05, 3.63) is 156 Å². The van der Waals surface area contributed by atoms with Crippen LogP contribution in [0.15, 0.2) is 134 Å². The first kappa shape index (κ1) is 46.5. The van der Waals surface area contributed by atoms with Gasteiger partial charge in [0.15, 0.2) is 11.9 Å². The number of hydrogen-bond acceptors (Lipinski definition) is 6. The van der Waals surface area contributed by atoms with E-state index in [1.165, 1.54) is 87.1 Å². The van der Waals surface area contributed by atoms with Crippen LogP contribution in [0, 0.1) is 0 Å². The highest BCUT2D eigenvalue weighted by Gasteiger charge is 2.43. The molecule has 0 saturated carbocycles. The third-order valence-corrected chi connectivity index (χ3v) is 15.8. The summed E-state index contributed by atoms with van der Waals surface area (Å²) in [5.74, 6) is 2.35. The average molecular weight is 881 g/mol. The summed E-state index contributed by atoms with van der Waals surface area (Å²) < 4.78 is 3.42. The molecule has 63 heavy (non-hydrogen) atoms. The normalized spacial score (nSPS) is 16.4. The molecular weight excluding hydrogens is 809 g/mol. The van der Waals surface area contributed by atoms with Gasteiger partial charge in [-0.2, -0.15) is 4.57 Å². The lowest BCUT2D eigenvalue weighted by atomic mass is 9.80. The van der Waals surface area contributed by atoms with Crippen LogP contribution in [0.3, 0.4) is 0 Å². The number of pyridine rings is 1. The second-order valence-electron chi connectivity index (χ2n) is 19.6. The summed E-state index contributed by atoms with van der Waals surface area (Å²) in [6.07, 6.45) is 12.2. The molecule has 0 saturated heterocycles. The van der Waals surface area contributed by atoms with E-state index in [0.717, 1.165) is 49.3 Å². The third kappa shape index (κ3) is 11.6. The van der Waals surface area contributed by atoms with Gasteiger partial charge >= 0.3 is 0 Å². The van der Waals surface area contributed by atoms with Crippen molar-refractivity contribution >= 4 is 44.2 Å². The number of hydrogen-bond donors (Lipinski definition) is 1. The Labute approximate surface area is 388 Å². The van der Waals surface area contributed by atoms with Gasteiger partial charge in [0.1, 0.15) is 0 Å². The van der Waals surface area contributed by atoms with Gasteiger partial charge in [0.05, 0.1) is 38.4 Å². The zero-order chi connectivity index (χ0) is 44.6. The number of quaternary nitrogens is 1. The molecular formula is C55H72N6S2+2. The molecule has 332 valence electrons. The number of nitrogens with one attached hydrogen (secondary N) is 1. The van der Waals surface area contributed by atoms with Crippen molar-refractivity contribution < 1.29 is 9.05 Å². The first-order valence-corrected chi connectivity index (χ1v) is 25.5. The van der Waals surface area contributed by atoms with Crippen LogP contribution in [0.2, 0.25) is 0 Å². The minimum atomic E-state index is -0.0143. The van der Waals surface area contributed by atoms with Crippen LogP contribution < -0.4 is 19.7 Å². The molecule has 0 amide bonds. The third-order valence-electron chi connectivity index (χ3n) is 13.4.